The molecule has 0 saturated heterocycles. The summed E-state index contributed by atoms with van der Waals surface area (Å²) in [5.74, 6) is 0.148. The highest BCUT2D eigenvalue weighted by molar-refractivity contribution is 5.75. The third-order valence-corrected chi connectivity index (χ3v) is 2.35. The normalized spacial score (nSPS) is 15.1. The number of aliphatic hydroxyl groups excluding tert-OH is 1. The zero-order chi connectivity index (χ0) is 11.8. The van der Waals surface area contributed by atoms with Crippen molar-refractivity contribution in [1.29, 1.82) is 0 Å². The fourth-order valence-corrected chi connectivity index (χ4v) is 1.40. The van der Waals surface area contributed by atoms with Gasteiger partial charge >= 0.3 is 5.97 Å². The van der Waals surface area contributed by atoms with E-state index in [0.717, 1.165) is 0 Å². The number of rotatable bonds is 7. The molecule has 4 nitrogen and oxygen atoms in total. The van der Waals surface area contributed by atoms with Crippen molar-refractivity contribution in [2.75, 3.05) is 13.2 Å². The second-order valence-corrected chi connectivity index (χ2v) is 4.00. The largest absolute Gasteiger partial charge is 0.465 e. The molecule has 0 amide bonds. The predicted molar refractivity (Wildman–Crippen MR) is 59.6 cm³/mol. The Bertz CT molecular complexity index is 183. The number of ether oxygens (including phenoxy) is 1. The molecule has 0 aliphatic heterocycles. The highest BCUT2D eigenvalue weighted by Crippen LogP contribution is 2.07. The van der Waals surface area contributed by atoms with Crippen LogP contribution in [0.5, 0.6) is 0 Å². The first kappa shape index (κ1) is 14.4. The van der Waals surface area contributed by atoms with Gasteiger partial charge in [0.15, 0.2) is 0 Å². The Kier molecular flexibility index (Phi) is 7.34. The van der Waals surface area contributed by atoms with Crippen LogP contribution in [0.1, 0.15) is 34.1 Å². The van der Waals surface area contributed by atoms with Crippen molar-refractivity contribution in [2.45, 2.75) is 46.2 Å². The number of carbonyl (C=O) groups excluding carboxylic acids is 1. The maximum absolute atomic E-state index is 11.4. The minimum absolute atomic E-state index is 0.130. The fraction of sp³-hybridized carbons (Fsp3) is 0.909. The molecule has 0 aromatic carbocycles. The van der Waals surface area contributed by atoms with Gasteiger partial charge in [0.1, 0.15) is 6.04 Å². The number of hydrogen-bond donors (Lipinski definition) is 2. The van der Waals surface area contributed by atoms with E-state index in [9.17, 15) is 4.79 Å². The summed E-state index contributed by atoms with van der Waals surface area (Å²) >= 11 is 0. The predicted octanol–water partition coefficient (Wildman–Crippen LogP) is 0.935. The van der Waals surface area contributed by atoms with Gasteiger partial charge in [0, 0.05) is 12.6 Å². The molecule has 15 heavy (non-hydrogen) atoms. The first-order chi connectivity index (χ1) is 7.02. The SMILES string of the molecule is CCOC(=O)C(C)NC(CCO)C(C)C. The summed E-state index contributed by atoms with van der Waals surface area (Å²) in [6.07, 6.45) is 0.654. The minimum atomic E-state index is -0.316. The molecule has 0 aliphatic carbocycles. The summed E-state index contributed by atoms with van der Waals surface area (Å²) < 4.78 is 4.90. The smallest absolute Gasteiger partial charge is 0.322 e. The van der Waals surface area contributed by atoms with Crippen LogP contribution >= 0.6 is 0 Å². The summed E-state index contributed by atoms with van der Waals surface area (Å²) in [6, 6.07) is -0.168. The van der Waals surface area contributed by atoms with Crippen molar-refractivity contribution in [2.24, 2.45) is 5.92 Å². The molecule has 4 heteroatoms. The zero-order valence-electron chi connectivity index (χ0n) is 10.1. The third-order valence-electron chi connectivity index (χ3n) is 2.35. The molecule has 0 bridgehead atoms. The van der Waals surface area contributed by atoms with Crippen molar-refractivity contribution in [3.05, 3.63) is 0 Å². The van der Waals surface area contributed by atoms with Crippen LogP contribution in [0.25, 0.3) is 0 Å². The van der Waals surface area contributed by atoms with E-state index in [1.807, 2.05) is 0 Å². The second-order valence-electron chi connectivity index (χ2n) is 4.00. The van der Waals surface area contributed by atoms with Crippen molar-refractivity contribution in [3.63, 3.8) is 0 Å². The van der Waals surface area contributed by atoms with Crippen LogP contribution in [-0.4, -0.2) is 36.4 Å². The Labute approximate surface area is 92.0 Å². The molecule has 0 spiro atoms. The Morgan fingerprint density at radius 1 is 1.40 bits per heavy atom. The summed E-state index contributed by atoms with van der Waals surface area (Å²) in [5, 5.41) is 12.1. The van der Waals surface area contributed by atoms with Gasteiger partial charge in [-0.2, -0.15) is 0 Å². The van der Waals surface area contributed by atoms with Crippen LogP contribution in [0.4, 0.5) is 0 Å². The first-order valence-electron chi connectivity index (χ1n) is 5.56. The highest BCUT2D eigenvalue weighted by atomic mass is 16.5. The van der Waals surface area contributed by atoms with Gasteiger partial charge in [-0.3, -0.25) is 4.79 Å². The van der Waals surface area contributed by atoms with Crippen molar-refractivity contribution >= 4 is 5.97 Å². The van der Waals surface area contributed by atoms with Gasteiger partial charge < -0.3 is 15.2 Å². The summed E-state index contributed by atoms with van der Waals surface area (Å²) in [7, 11) is 0. The quantitative estimate of drug-likeness (QED) is 0.623. The minimum Gasteiger partial charge on any atom is -0.465 e. The number of hydrogen-bond acceptors (Lipinski definition) is 4. The number of nitrogens with one attached hydrogen (secondary N) is 1. The molecule has 2 atom stereocenters. The van der Waals surface area contributed by atoms with Crippen molar-refractivity contribution < 1.29 is 14.6 Å². The van der Waals surface area contributed by atoms with Gasteiger partial charge in [0.2, 0.25) is 0 Å². The Hall–Kier alpha value is -0.610. The van der Waals surface area contributed by atoms with Crippen LogP contribution in [0.15, 0.2) is 0 Å². The van der Waals surface area contributed by atoms with Crippen LogP contribution in [-0.2, 0) is 9.53 Å². The molecule has 0 aromatic heterocycles. The lowest BCUT2D eigenvalue weighted by Gasteiger charge is -2.24. The van der Waals surface area contributed by atoms with E-state index < -0.39 is 0 Å². The molecule has 0 saturated carbocycles. The Morgan fingerprint density at radius 2 is 2.00 bits per heavy atom. The van der Waals surface area contributed by atoms with E-state index >= 15 is 0 Å². The molecule has 0 heterocycles. The van der Waals surface area contributed by atoms with E-state index in [0.29, 0.717) is 18.9 Å². The highest BCUT2D eigenvalue weighted by Gasteiger charge is 2.20. The average molecular weight is 217 g/mol. The fourth-order valence-electron chi connectivity index (χ4n) is 1.40. The second kappa shape index (κ2) is 7.65. The van der Waals surface area contributed by atoms with E-state index in [-0.39, 0.29) is 24.7 Å². The molecule has 0 radical (unpaired) electrons. The number of esters is 1. The summed E-state index contributed by atoms with van der Waals surface area (Å²) in [6.45, 7) is 8.22. The Morgan fingerprint density at radius 3 is 2.40 bits per heavy atom. The first-order valence-corrected chi connectivity index (χ1v) is 5.56. The standard InChI is InChI=1S/C11H23NO3/c1-5-15-11(14)9(4)12-10(6-7-13)8(2)3/h8-10,12-13H,5-7H2,1-4H3. The molecule has 2 unspecified atom stereocenters. The molecular weight excluding hydrogens is 194 g/mol. The topological polar surface area (TPSA) is 58.6 Å². The maximum Gasteiger partial charge on any atom is 0.322 e. The lowest BCUT2D eigenvalue weighted by Crippen LogP contribution is -2.45. The van der Waals surface area contributed by atoms with E-state index in [1.165, 1.54) is 0 Å². The van der Waals surface area contributed by atoms with Crippen LogP contribution in [0, 0.1) is 5.92 Å². The van der Waals surface area contributed by atoms with Gasteiger partial charge in [-0.05, 0) is 26.2 Å². The molecule has 0 aliphatic rings. The molecule has 0 fully saturated rings. The monoisotopic (exact) mass is 217 g/mol. The van der Waals surface area contributed by atoms with Crippen LogP contribution in [0.3, 0.4) is 0 Å². The Balaban J connectivity index is 4.09. The van der Waals surface area contributed by atoms with Crippen molar-refractivity contribution in [1.82, 2.24) is 5.32 Å². The lowest BCUT2D eigenvalue weighted by molar-refractivity contribution is -0.145. The average Bonchev–Trinajstić information content (AvgIpc) is 2.17. The summed E-state index contributed by atoms with van der Waals surface area (Å²) in [4.78, 5) is 11.4. The molecule has 0 rings (SSSR count). The van der Waals surface area contributed by atoms with E-state index in [4.69, 9.17) is 9.84 Å². The molecule has 90 valence electrons. The van der Waals surface area contributed by atoms with Gasteiger partial charge in [0.25, 0.3) is 0 Å². The van der Waals surface area contributed by atoms with Gasteiger partial charge in [-0.1, -0.05) is 13.8 Å². The maximum atomic E-state index is 11.4. The molecular formula is C11H23NO3. The van der Waals surface area contributed by atoms with Crippen LogP contribution in [0.2, 0.25) is 0 Å². The van der Waals surface area contributed by atoms with Gasteiger partial charge in [-0.25, -0.2) is 0 Å². The number of carbonyl (C=O) groups is 1. The summed E-state index contributed by atoms with van der Waals surface area (Å²) in [5.41, 5.74) is 0. The molecule has 2 N–H and O–H groups in total. The van der Waals surface area contributed by atoms with Crippen molar-refractivity contribution in [3.8, 4) is 0 Å². The third kappa shape index (κ3) is 5.74. The van der Waals surface area contributed by atoms with Crippen LogP contribution < -0.4 is 5.32 Å². The lowest BCUT2D eigenvalue weighted by atomic mass is 10.0. The van der Waals surface area contributed by atoms with E-state index in [1.54, 1.807) is 13.8 Å². The molecule has 0 aromatic rings. The zero-order valence-corrected chi connectivity index (χ0v) is 10.1. The van der Waals surface area contributed by atoms with E-state index in [2.05, 4.69) is 19.2 Å². The van der Waals surface area contributed by atoms with Gasteiger partial charge in [-0.15, -0.1) is 0 Å². The number of aliphatic hydroxyl groups is 1. The van der Waals surface area contributed by atoms with Gasteiger partial charge in [0.05, 0.1) is 6.61 Å².